The Morgan fingerprint density at radius 3 is 2.62 bits per heavy atom. The molecule has 1 atom stereocenters. The second kappa shape index (κ2) is 6.77. The first-order valence-electron chi connectivity index (χ1n) is 5.79. The molecule has 0 saturated heterocycles. The zero-order valence-corrected chi connectivity index (χ0v) is 11.0. The van der Waals surface area contributed by atoms with Gasteiger partial charge in [0.1, 0.15) is 5.75 Å². The topological polar surface area (TPSA) is 21.3 Å². The second-order valence-electron chi connectivity index (χ2n) is 3.80. The molecule has 3 heteroatoms. The van der Waals surface area contributed by atoms with Gasteiger partial charge in [-0.25, -0.2) is 0 Å². The molecule has 1 aromatic rings. The minimum atomic E-state index is 0.332. The number of halogens is 1. The lowest BCUT2D eigenvalue weighted by Gasteiger charge is -2.18. The van der Waals surface area contributed by atoms with Gasteiger partial charge in [0.25, 0.3) is 0 Å². The molecule has 1 unspecified atom stereocenters. The molecule has 0 heterocycles. The van der Waals surface area contributed by atoms with E-state index in [2.05, 4.69) is 19.2 Å². The van der Waals surface area contributed by atoms with Crippen LogP contribution >= 0.6 is 11.6 Å². The molecule has 0 radical (unpaired) electrons. The fourth-order valence-electron chi connectivity index (χ4n) is 1.71. The van der Waals surface area contributed by atoms with Crippen molar-refractivity contribution >= 4 is 11.6 Å². The van der Waals surface area contributed by atoms with Crippen LogP contribution in [-0.4, -0.2) is 13.7 Å². The van der Waals surface area contributed by atoms with Crippen LogP contribution in [0.4, 0.5) is 0 Å². The van der Waals surface area contributed by atoms with Gasteiger partial charge in [0.05, 0.1) is 7.11 Å². The standard InChI is InChI=1S/C13H20ClNO/c1-4-8-15-13(5-2)11-7-6-10(16-3)9-12(11)14/h6-7,9,13,15H,4-5,8H2,1-3H3. The van der Waals surface area contributed by atoms with Crippen molar-refractivity contribution in [3.63, 3.8) is 0 Å². The summed E-state index contributed by atoms with van der Waals surface area (Å²) < 4.78 is 5.14. The lowest BCUT2D eigenvalue weighted by molar-refractivity contribution is 0.414. The van der Waals surface area contributed by atoms with Crippen molar-refractivity contribution < 1.29 is 4.74 Å². The Labute approximate surface area is 103 Å². The highest BCUT2D eigenvalue weighted by Crippen LogP contribution is 2.28. The van der Waals surface area contributed by atoms with E-state index in [0.717, 1.165) is 35.7 Å². The molecule has 0 aliphatic rings. The van der Waals surface area contributed by atoms with Crippen molar-refractivity contribution in [1.82, 2.24) is 5.32 Å². The summed E-state index contributed by atoms with van der Waals surface area (Å²) in [7, 11) is 1.65. The van der Waals surface area contributed by atoms with Gasteiger partial charge in [0.2, 0.25) is 0 Å². The molecule has 16 heavy (non-hydrogen) atoms. The third-order valence-corrected chi connectivity index (χ3v) is 2.96. The molecule has 1 rings (SSSR count). The summed E-state index contributed by atoms with van der Waals surface area (Å²) in [5, 5.41) is 4.26. The Morgan fingerprint density at radius 2 is 2.12 bits per heavy atom. The number of methoxy groups -OCH3 is 1. The predicted molar refractivity (Wildman–Crippen MR) is 69.3 cm³/mol. The van der Waals surface area contributed by atoms with Gasteiger partial charge in [-0.1, -0.05) is 31.5 Å². The summed E-state index contributed by atoms with van der Waals surface area (Å²) in [6, 6.07) is 6.20. The highest BCUT2D eigenvalue weighted by Gasteiger charge is 2.12. The molecule has 0 aliphatic carbocycles. The number of nitrogens with one attached hydrogen (secondary N) is 1. The van der Waals surface area contributed by atoms with Gasteiger partial charge < -0.3 is 10.1 Å². The monoisotopic (exact) mass is 241 g/mol. The maximum absolute atomic E-state index is 6.24. The molecule has 0 amide bonds. The summed E-state index contributed by atoms with van der Waals surface area (Å²) in [5.41, 5.74) is 1.15. The molecule has 1 N–H and O–H groups in total. The van der Waals surface area contributed by atoms with Crippen molar-refractivity contribution in [2.75, 3.05) is 13.7 Å². The highest BCUT2D eigenvalue weighted by molar-refractivity contribution is 6.31. The minimum absolute atomic E-state index is 0.332. The highest BCUT2D eigenvalue weighted by atomic mass is 35.5. The molecule has 0 aliphatic heterocycles. The SMILES string of the molecule is CCCNC(CC)c1ccc(OC)cc1Cl. The van der Waals surface area contributed by atoms with Gasteiger partial charge in [-0.05, 0) is 37.1 Å². The van der Waals surface area contributed by atoms with Crippen molar-refractivity contribution in [3.05, 3.63) is 28.8 Å². The van der Waals surface area contributed by atoms with Crippen molar-refractivity contribution in [2.24, 2.45) is 0 Å². The maximum atomic E-state index is 6.24. The maximum Gasteiger partial charge on any atom is 0.120 e. The van der Waals surface area contributed by atoms with Gasteiger partial charge in [-0.2, -0.15) is 0 Å². The molecule has 0 bridgehead atoms. The van der Waals surface area contributed by atoms with Crippen LogP contribution in [0.15, 0.2) is 18.2 Å². The van der Waals surface area contributed by atoms with Crippen LogP contribution < -0.4 is 10.1 Å². The lowest BCUT2D eigenvalue weighted by atomic mass is 10.0. The normalized spacial score (nSPS) is 12.5. The summed E-state index contributed by atoms with van der Waals surface area (Å²) in [6.07, 6.45) is 2.16. The zero-order valence-electron chi connectivity index (χ0n) is 10.2. The number of ether oxygens (including phenoxy) is 1. The molecular weight excluding hydrogens is 222 g/mol. The van der Waals surface area contributed by atoms with E-state index in [1.807, 2.05) is 18.2 Å². The summed E-state index contributed by atoms with van der Waals surface area (Å²) >= 11 is 6.24. The van der Waals surface area contributed by atoms with E-state index in [9.17, 15) is 0 Å². The fraction of sp³-hybridized carbons (Fsp3) is 0.538. The molecular formula is C13H20ClNO. The van der Waals surface area contributed by atoms with E-state index in [-0.39, 0.29) is 0 Å². The molecule has 2 nitrogen and oxygen atoms in total. The van der Waals surface area contributed by atoms with Gasteiger partial charge in [-0.15, -0.1) is 0 Å². The van der Waals surface area contributed by atoms with Gasteiger partial charge >= 0.3 is 0 Å². The molecule has 0 saturated carbocycles. The van der Waals surface area contributed by atoms with Gasteiger partial charge in [0.15, 0.2) is 0 Å². The van der Waals surface area contributed by atoms with E-state index < -0.39 is 0 Å². The third kappa shape index (κ3) is 3.39. The smallest absolute Gasteiger partial charge is 0.120 e. The quantitative estimate of drug-likeness (QED) is 0.818. The Hall–Kier alpha value is -0.730. The Balaban J connectivity index is 2.83. The molecule has 0 spiro atoms. The number of hydrogen-bond acceptors (Lipinski definition) is 2. The van der Waals surface area contributed by atoms with Crippen LogP contribution in [0, 0.1) is 0 Å². The van der Waals surface area contributed by atoms with E-state index in [1.54, 1.807) is 7.11 Å². The molecule has 90 valence electrons. The Bertz CT molecular complexity index is 328. The molecule has 0 aromatic heterocycles. The Kier molecular flexibility index (Phi) is 5.64. The van der Waals surface area contributed by atoms with Crippen LogP contribution in [0.25, 0.3) is 0 Å². The van der Waals surface area contributed by atoms with E-state index in [4.69, 9.17) is 16.3 Å². The summed E-state index contributed by atoms with van der Waals surface area (Å²) in [5.74, 6) is 0.805. The largest absolute Gasteiger partial charge is 0.497 e. The zero-order chi connectivity index (χ0) is 12.0. The van der Waals surface area contributed by atoms with Crippen LogP contribution in [0.1, 0.15) is 38.3 Å². The second-order valence-corrected chi connectivity index (χ2v) is 4.21. The first kappa shape index (κ1) is 13.3. The first-order chi connectivity index (χ1) is 7.72. The molecule has 1 aromatic carbocycles. The average molecular weight is 242 g/mol. The summed E-state index contributed by atoms with van der Waals surface area (Å²) in [4.78, 5) is 0. The predicted octanol–water partition coefficient (Wildman–Crippen LogP) is 3.80. The minimum Gasteiger partial charge on any atom is -0.497 e. The number of benzene rings is 1. The number of rotatable bonds is 6. The van der Waals surface area contributed by atoms with Gasteiger partial charge in [-0.3, -0.25) is 0 Å². The lowest BCUT2D eigenvalue weighted by Crippen LogP contribution is -2.21. The van der Waals surface area contributed by atoms with Crippen LogP contribution in [0.5, 0.6) is 5.75 Å². The van der Waals surface area contributed by atoms with E-state index in [0.29, 0.717) is 6.04 Å². The van der Waals surface area contributed by atoms with Crippen molar-refractivity contribution in [2.45, 2.75) is 32.7 Å². The van der Waals surface area contributed by atoms with Crippen LogP contribution in [-0.2, 0) is 0 Å². The average Bonchev–Trinajstić information content (AvgIpc) is 2.31. The third-order valence-electron chi connectivity index (χ3n) is 2.63. The van der Waals surface area contributed by atoms with Crippen molar-refractivity contribution in [1.29, 1.82) is 0 Å². The van der Waals surface area contributed by atoms with Crippen LogP contribution in [0.3, 0.4) is 0 Å². The van der Waals surface area contributed by atoms with Gasteiger partial charge in [0, 0.05) is 11.1 Å². The van der Waals surface area contributed by atoms with Crippen molar-refractivity contribution in [3.8, 4) is 5.75 Å². The fourth-order valence-corrected chi connectivity index (χ4v) is 2.01. The van der Waals surface area contributed by atoms with Crippen LogP contribution in [0.2, 0.25) is 5.02 Å². The Morgan fingerprint density at radius 1 is 1.38 bits per heavy atom. The first-order valence-corrected chi connectivity index (χ1v) is 6.17. The van der Waals surface area contributed by atoms with E-state index in [1.165, 1.54) is 0 Å². The number of hydrogen-bond donors (Lipinski definition) is 1. The molecule has 0 fully saturated rings. The summed E-state index contributed by atoms with van der Waals surface area (Å²) in [6.45, 7) is 5.34. The van der Waals surface area contributed by atoms with E-state index >= 15 is 0 Å².